The molecule has 2 aromatic rings. The van der Waals surface area contributed by atoms with Gasteiger partial charge in [-0.1, -0.05) is 42.5 Å². The van der Waals surface area contributed by atoms with Gasteiger partial charge in [0.1, 0.15) is 11.9 Å². The minimum atomic E-state index is -0.339. The maximum Gasteiger partial charge on any atom is 0.123 e. The SMILES string of the molecule is CC(Oc1cccc2c1CCCC2O)c1ccccc1. The van der Waals surface area contributed by atoms with Crippen LogP contribution in [0.1, 0.15) is 48.7 Å². The zero-order valence-corrected chi connectivity index (χ0v) is 11.8. The fraction of sp³-hybridized carbons (Fsp3) is 0.333. The lowest BCUT2D eigenvalue weighted by Gasteiger charge is -2.25. The summed E-state index contributed by atoms with van der Waals surface area (Å²) in [6.45, 7) is 2.06. The van der Waals surface area contributed by atoms with Gasteiger partial charge in [0, 0.05) is 0 Å². The van der Waals surface area contributed by atoms with Crippen molar-refractivity contribution in [3.63, 3.8) is 0 Å². The van der Waals surface area contributed by atoms with Crippen LogP contribution in [0.4, 0.5) is 0 Å². The lowest BCUT2D eigenvalue weighted by atomic mass is 9.89. The van der Waals surface area contributed by atoms with Crippen molar-refractivity contribution in [1.82, 2.24) is 0 Å². The second kappa shape index (κ2) is 5.68. The van der Waals surface area contributed by atoms with Crippen LogP contribution in [-0.4, -0.2) is 5.11 Å². The van der Waals surface area contributed by atoms with Gasteiger partial charge in [-0.3, -0.25) is 0 Å². The number of rotatable bonds is 3. The third kappa shape index (κ3) is 2.56. The zero-order valence-electron chi connectivity index (χ0n) is 11.8. The van der Waals surface area contributed by atoms with E-state index < -0.39 is 0 Å². The van der Waals surface area contributed by atoms with Crippen LogP contribution in [0.25, 0.3) is 0 Å². The van der Waals surface area contributed by atoms with Gasteiger partial charge < -0.3 is 9.84 Å². The highest BCUT2D eigenvalue weighted by Gasteiger charge is 2.21. The van der Waals surface area contributed by atoms with Crippen LogP contribution in [0.5, 0.6) is 5.75 Å². The fourth-order valence-corrected chi connectivity index (χ4v) is 2.88. The van der Waals surface area contributed by atoms with Crippen LogP contribution in [0.2, 0.25) is 0 Å². The molecule has 0 aliphatic heterocycles. The summed E-state index contributed by atoms with van der Waals surface area (Å²) in [5, 5.41) is 10.1. The fourth-order valence-electron chi connectivity index (χ4n) is 2.88. The van der Waals surface area contributed by atoms with Crippen molar-refractivity contribution in [3.8, 4) is 5.75 Å². The molecule has 0 saturated heterocycles. The first-order valence-corrected chi connectivity index (χ1v) is 7.27. The van der Waals surface area contributed by atoms with Crippen LogP contribution in [0.15, 0.2) is 48.5 Å². The van der Waals surface area contributed by atoms with Crippen molar-refractivity contribution in [2.75, 3.05) is 0 Å². The van der Waals surface area contributed by atoms with E-state index in [0.29, 0.717) is 0 Å². The summed E-state index contributed by atoms with van der Waals surface area (Å²) in [6.07, 6.45) is 2.54. The first-order chi connectivity index (χ1) is 9.75. The Morgan fingerprint density at radius 2 is 1.90 bits per heavy atom. The first kappa shape index (κ1) is 13.2. The molecular weight excluding hydrogens is 248 g/mol. The summed E-state index contributed by atoms with van der Waals surface area (Å²) < 4.78 is 6.14. The van der Waals surface area contributed by atoms with Gasteiger partial charge in [-0.05, 0) is 48.9 Å². The Morgan fingerprint density at radius 1 is 1.10 bits per heavy atom. The van der Waals surface area contributed by atoms with E-state index in [9.17, 15) is 5.11 Å². The molecule has 1 aliphatic rings. The highest BCUT2D eigenvalue weighted by atomic mass is 16.5. The van der Waals surface area contributed by atoms with E-state index in [0.717, 1.165) is 30.6 Å². The van der Waals surface area contributed by atoms with Crippen LogP contribution in [0.3, 0.4) is 0 Å². The lowest BCUT2D eigenvalue weighted by Crippen LogP contribution is -2.12. The molecule has 2 aromatic carbocycles. The molecule has 1 N–H and O–H groups in total. The summed E-state index contributed by atoms with van der Waals surface area (Å²) in [7, 11) is 0. The highest BCUT2D eigenvalue weighted by Crippen LogP contribution is 2.36. The number of aliphatic hydroxyl groups is 1. The number of aliphatic hydroxyl groups excluding tert-OH is 1. The average Bonchev–Trinajstić information content (AvgIpc) is 2.49. The Kier molecular flexibility index (Phi) is 3.75. The van der Waals surface area contributed by atoms with E-state index in [-0.39, 0.29) is 12.2 Å². The third-order valence-electron chi connectivity index (χ3n) is 4.01. The number of benzene rings is 2. The minimum absolute atomic E-state index is 0.0155. The van der Waals surface area contributed by atoms with Crippen LogP contribution < -0.4 is 4.74 Å². The first-order valence-electron chi connectivity index (χ1n) is 7.27. The Labute approximate surface area is 120 Å². The Bertz CT molecular complexity index is 577. The van der Waals surface area contributed by atoms with Crippen molar-refractivity contribution in [2.24, 2.45) is 0 Å². The summed E-state index contributed by atoms with van der Waals surface area (Å²) >= 11 is 0. The Morgan fingerprint density at radius 3 is 2.70 bits per heavy atom. The monoisotopic (exact) mass is 268 g/mol. The molecule has 2 atom stereocenters. The van der Waals surface area contributed by atoms with E-state index in [4.69, 9.17) is 4.74 Å². The molecule has 0 fully saturated rings. The van der Waals surface area contributed by atoms with Gasteiger partial charge in [0.15, 0.2) is 0 Å². The molecule has 0 spiro atoms. The molecule has 0 saturated carbocycles. The van der Waals surface area contributed by atoms with Gasteiger partial charge in [0.2, 0.25) is 0 Å². The zero-order chi connectivity index (χ0) is 13.9. The van der Waals surface area contributed by atoms with Crippen molar-refractivity contribution in [2.45, 2.75) is 38.4 Å². The average molecular weight is 268 g/mol. The third-order valence-corrected chi connectivity index (χ3v) is 4.01. The number of ether oxygens (including phenoxy) is 1. The molecule has 0 heterocycles. The van der Waals surface area contributed by atoms with E-state index in [1.807, 2.05) is 36.4 Å². The second-order valence-corrected chi connectivity index (χ2v) is 5.40. The number of hydrogen-bond donors (Lipinski definition) is 1. The Balaban J connectivity index is 1.86. The normalized spacial score (nSPS) is 19.2. The summed E-state index contributed by atoms with van der Waals surface area (Å²) in [5.41, 5.74) is 3.38. The molecular formula is C18H20O2. The van der Waals surface area contributed by atoms with Crippen LogP contribution in [0, 0.1) is 0 Å². The molecule has 2 nitrogen and oxygen atoms in total. The maximum absolute atomic E-state index is 10.1. The molecule has 1 aliphatic carbocycles. The smallest absolute Gasteiger partial charge is 0.123 e. The molecule has 3 rings (SSSR count). The molecule has 0 bridgehead atoms. The van der Waals surface area contributed by atoms with Gasteiger partial charge >= 0.3 is 0 Å². The van der Waals surface area contributed by atoms with Crippen molar-refractivity contribution in [3.05, 3.63) is 65.2 Å². The molecule has 0 aromatic heterocycles. The van der Waals surface area contributed by atoms with Crippen LogP contribution >= 0.6 is 0 Å². The van der Waals surface area contributed by atoms with Crippen molar-refractivity contribution in [1.29, 1.82) is 0 Å². The molecule has 0 amide bonds. The molecule has 0 radical (unpaired) electrons. The van der Waals surface area contributed by atoms with Crippen molar-refractivity contribution >= 4 is 0 Å². The second-order valence-electron chi connectivity index (χ2n) is 5.40. The van der Waals surface area contributed by atoms with Crippen LogP contribution in [-0.2, 0) is 6.42 Å². The molecule has 2 unspecified atom stereocenters. The minimum Gasteiger partial charge on any atom is -0.486 e. The van der Waals surface area contributed by atoms with E-state index >= 15 is 0 Å². The van der Waals surface area contributed by atoms with Gasteiger partial charge in [-0.15, -0.1) is 0 Å². The summed E-state index contributed by atoms with van der Waals surface area (Å²) in [5.74, 6) is 0.914. The predicted octanol–water partition coefficient (Wildman–Crippen LogP) is 4.20. The van der Waals surface area contributed by atoms with Crippen molar-refractivity contribution < 1.29 is 9.84 Å². The van der Waals surface area contributed by atoms with Gasteiger partial charge in [-0.2, -0.15) is 0 Å². The van der Waals surface area contributed by atoms with E-state index in [1.165, 1.54) is 11.1 Å². The molecule has 104 valence electrons. The summed E-state index contributed by atoms with van der Waals surface area (Å²) in [4.78, 5) is 0. The Hall–Kier alpha value is -1.80. The van der Waals surface area contributed by atoms with E-state index in [1.54, 1.807) is 0 Å². The quantitative estimate of drug-likeness (QED) is 0.904. The van der Waals surface area contributed by atoms with Gasteiger partial charge in [0.25, 0.3) is 0 Å². The summed E-state index contributed by atoms with van der Waals surface area (Å²) in [6, 6.07) is 16.2. The molecule has 20 heavy (non-hydrogen) atoms. The topological polar surface area (TPSA) is 29.5 Å². The van der Waals surface area contributed by atoms with Gasteiger partial charge in [0.05, 0.1) is 6.10 Å². The largest absolute Gasteiger partial charge is 0.486 e. The number of fused-ring (bicyclic) bond motifs is 1. The lowest BCUT2D eigenvalue weighted by molar-refractivity contribution is 0.153. The van der Waals surface area contributed by atoms with E-state index in [2.05, 4.69) is 19.1 Å². The standard InChI is InChI=1S/C18H20O2/c1-13(14-7-3-2-4-8-14)20-18-12-6-9-15-16(18)10-5-11-17(15)19/h2-4,6-9,12-13,17,19H,5,10-11H2,1H3. The molecule has 2 heteroatoms. The highest BCUT2D eigenvalue weighted by molar-refractivity contribution is 5.43. The number of hydrogen-bond acceptors (Lipinski definition) is 2. The maximum atomic E-state index is 10.1. The van der Waals surface area contributed by atoms with Gasteiger partial charge in [-0.25, -0.2) is 0 Å². The predicted molar refractivity (Wildman–Crippen MR) is 79.8 cm³/mol.